The summed E-state index contributed by atoms with van der Waals surface area (Å²) < 4.78 is 4.60. The number of pyridine rings is 1. The number of primary amides is 1. The van der Waals surface area contributed by atoms with Crippen molar-refractivity contribution in [2.24, 2.45) is 5.73 Å². The highest BCUT2D eigenvalue weighted by atomic mass is 16.5. The fourth-order valence-electron chi connectivity index (χ4n) is 3.44. The van der Waals surface area contributed by atoms with Gasteiger partial charge in [0.2, 0.25) is 0 Å². The van der Waals surface area contributed by atoms with Crippen LogP contribution in [0.15, 0.2) is 66.7 Å². The molecule has 0 spiro atoms. The highest BCUT2D eigenvalue weighted by Crippen LogP contribution is 2.34. The third-order valence-electron chi connectivity index (χ3n) is 4.89. The van der Waals surface area contributed by atoms with E-state index in [-0.39, 0.29) is 0 Å². The number of hydrogen-bond acceptors (Lipinski definition) is 6. The number of nitrogens with one attached hydrogen (secondary N) is 2. The van der Waals surface area contributed by atoms with Gasteiger partial charge in [0.1, 0.15) is 0 Å². The lowest BCUT2D eigenvalue weighted by Gasteiger charge is -2.19. The van der Waals surface area contributed by atoms with Crippen LogP contribution in [0.25, 0.3) is 21.8 Å². The smallest absolute Gasteiger partial charge is 0.411 e. The van der Waals surface area contributed by atoms with Crippen molar-refractivity contribution in [2.75, 3.05) is 17.7 Å². The Morgan fingerprint density at radius 2 is 1.77 bits per heavy atom. The van der Waals surface area contributed by atoms with Gasteiger partial charge in [0.05, 0.1) is 29.4 Å². The standard InChI is InChI=1S/C23H20N4O4/c1-31-23(30)25-14-7-4-6-13(12-14)22(29)27-19-15-8-2-3-11-18(15)26-20-16(19)9-5-10-17(20)21(24)28/h2-12,22,29H,1H3,(H2,24,28)(H,25,30)(H,26,27). The van der Waals surface area contributed by atoms with Crippen LogP contribution in [0.2, 0.25) is 0 Å². The molecule has 8 heteroatoms. The molecule has 0 saturated heterocycles. The van der Waals surface area contributed by atoms with Crippen LogP contribution >= 0.6 is 0 Å². The van der Waals surface area contributed by atoms with Crippen LogP contribution in [-0.4, -0.2) is 29.2 Å². The minimum absolute atomic E-state index is 0.296. The molecule has 5 N–H and O–H groups in total. The first-order valence-electron chi connectivity index (χ1n) is 9.48. The van der Waals surface area contributed by atoms with E-state index in [0.717, 1.165) is 5.39 Å². The molecule has 1 unspecified atom stereocenters. The van der Waals surface area contributed by atoms with Crippen LogP contribution < -0.4 is 16.4 Å². The minimum atomic E-state index is -1.11. The zero-order chi connectivity index (χ0) is 22.0. The summed E-state index contributed by atoms with van der Waals surface area (Å²) in [6.07, 6.45) is -1.71. The molecule has 0 aliphatic rings. The summed E-state index contributed by atoms with van der Waals surface area (Å²) in [5.41, 5.74) is 8.55. The first-order chi connectivity index (χ1) is 15.0. The van der Waals surface area contributed by atoms with Crippen LogP contribution in [0, 0.1) is 0 Å². The fourth-order valence-corrected chi connectivity index (χ4v) is 3.44. The highest BCUT2D eigenvalue weighted by molar-refractivity contribution is 6.13. The second-order valence-corrected chi connectivity index (χ2v) is 6.86. The monoisotopic (exact) mass is 416 g/mol. The quantitative estimate of drug-likeness (QED) is 0.290. The summed E-state index contributed by atoms with van der Waals surface area (Å²) in [6, 6.07) is 19.3. The Labute approximate surface area is 177 Å². The lowest BCUT2D eigenvalue weighted by Crippen LogP contribution is -2.14. The van der Waals surface area contributed by atoms with Gasteiger partial charge in [-0.05, 0) is 24.3 Å². The second-order valence-electron chi connectivity index (χ2n) is 6.86. The largest absolute Gasteiger partial charge is 0.453 e. The number of para-hydroxylation sites is 2. The van der Waals surface area contributed by atoms with E-state index in [4.69, 9.17) is 5.73 Å². The third-order valence-corrected chi connectivity index (χ3v) is 4.89. The number of carbonyl (C=O) groups excluding carboxylic acids is 2. The number of hydrogen-bond donors (Lipinski definition) is 4. The molecule has 1 aromatic heterocycles. The predicted molar refractivity (Wildman–Crippen MR) is 119 cm³/mol. The molecule has 3 aromatic carbocycles. The Morgan fingerprint density at radius 3 is 2.55 bits per heavy atom. The maximum Gasteiger partial charge on any atom is 0.411 e. The van der Waals surface area contributed by atoms with Gasteiger partial charge in [-0.25, -0.2) is 9.78 Å². The van der Waals surface area contributed by atoms with E-state index < -0.39 is 18.2 Å². The van der Waals surface area contributed by atoms with Gasteiger partial charge >= 0.3 is 6.09 Å². The van der Waals surface area contributed by atoms with E-state index >= 15 is 0 Å². The van der Waals surface area contributed by atoms with E-state index in [2.05, 4.69) is 20.4 Å². The van der Waals surface area contributed by atoms with Crippen LogP contribution in [-0.2, 0) is 4.74 Å². The van der Waals surface area contributed by atoms with Crippen LogP contribution in [0.3, 0.4) is 0 Å². The highest BCUT2D eigenvalue weighted by Gasteiger charge is 2.17. The Balaban J connectivity index is 1.80. The third kappa shape index (κ3) is 3.96. The average molecular weight is 416 g/mol. The van der Waals surface area contributed by atoms with Gasteiger partial charge in [-0.2, -0.15) is 0 Å². The molecule has 1 heterocycles. The van der Waals surface area contributed by atoms with Crippen molar-refractivity contribution in [3.8, 4) is 0 Å². The molecule has 1 atom stereocenters. The first-order valence-corrected chi connectivity index (χ1v) is 9.48. The van der Waals surface area contributed by atoms with Gasteiger partial charge in [-0.15, -0.1) is 0 Å². The number of aliphatic hydroxyl groups is 1. The number of benzene rings is 3. The molecule has 156 valence electrons. The first kappa shape index (κ1) is 20.1. The molecule has 4 rings (SSSR count). The number of anilines is 2. The molecule has 0 aliphatic heterocycles. The number of fused-ring (bicyclic) bond motifs is 2. The normalized spacial score (nSPS) is 11.8. The molecule has 31 heavy (non-hydrogen) atoms. The lowest BCUT2D eigenvalue weighted by atomic mass is 10.0. The Hall–Kier alpha value is -4.17. The molecule has 4 aromatic rings. The number of methoxy groups -OCH3 is 1. The number of amides is 2. The lowest BCUT2D eigenvalue weighted by molar-refractivity contribution is 0.100. The van der Waals surface area contributed by atoms with Crippen molar-refractivity contribution >= 4 is 45.2 Å². The van der Waals surface area contributed by atoms with Gasteiger partial charge < -0.3 is 20.9 Å². The van der Waals surface area contributed by atoms with Crippen LogP contribution in [0.1, 0.15) is 22.1 Å². The van der Waals surface area contributed by atoms with Crippen molar-refractivity contribution in [3.05, 3.63) is 77.9 Å². The molecular weight excluding hydrogens is 396 g/mol. The zero-order valence-electron chi connectivity index (χ0n) is 16.6. The van der Waals surface area contributed by atoms with Gasteiger partial charge in [0.15, 0.2) is 6.23 Å². The number of rotatable bonds is 5. The number of nitrogens with zero attached hydrogens (tertiary/aromatic N) is 1. The molecule has 2 amide bonds. The summed E-state index contributed by atoms with van der Waals surface area (Å²) in [6.45, 7) is 0. The van der Waals surface area contributed by atoms with Crippen molar-refractivity contribution in [1.29, 1.82) is 0 Å². The van der Waals surface area contributed by atoms with E-state index in [9.17, 15) is 14.7 Å². The molecular formula is C23H20N4O4. The van der Waals surface area contributed by atoms with E-state index in [1.807, 2.05) is 30.3 Å². The van der Waals surface area contributed by atoms with Crippen molar-refractivity contribution < 1.29 is 19.4 Å². The van der Waals surface area contributed by atoms with Gasteiger partial charge in [0, 0.05) is 22.0 Å². The molecule has 0 aliphatic carbocycles. The number of carbonyl (C=O) groups is 2. The summed E-state index contributed by atoms with van der Waals surface area (Å²) in [4.78, 5) is 28.0. The number of aromatic nitrogens is 1. The van der Waals surface area contributed by atoms with Gasteiger partial charge in [-0.1, -0.05) is 42.5 Å². The maximum atomic E-state index is 11.9. The van der Waals surface area contributed by atoms with E-state index in [0.29, 0.717) is 38.9 Å². The topological polar surface area (TPSA) is 127 Å². The molecule has 0 fully saturated rings. The maximum absolute atomic E-state index is 11.9. The average Bonchev–Trinajstić information content (AvgIpc) is 2.78. The predicted octanol–water partition coefficient (Wildman–Crippen LogP) is 3.77. The fraction of sp³-hybridized carbons (Fsp3) is 0.0870. The number of nitrogens with two attached hydrogens (primary N) is 1. The van der Waals surface area contributed by atoms with Crippen molar-refractivity contribution in [3.63, 3.8) is 0 Å². The summed E-state index contributed by atoms with van der Waals surface area (Å²) in [7, 11) is 1.27. The molecule has 8 nitrogen and oxygen atoms in total. The summed E-state index contributed by atoms with van der Waals surface area (Å²) in [5, 5.41) is 18.0. The van der Waals surface area contributed by atoms with Crippen LogP contribution in [0.5, 0.6) is 0 Å². The minimum Gasteiger partial charge on any atom is -0.453 e. The number of aliphatic hydroxyl groups excluding tert-OH is 1. The Morgan fingerprint density at radius 1 is 1.03 bits per heavy atom. The van der Waals surface area contributed by atoms with Crippen LogP contribution in [0.4, 0.5) is 16.2 Å². The zero-order valence-corrected chi connectivity index (χ0v) is 16.6. The second kappa shape index (κ2) is 8.29. The Bertz CT molecular complexity index is 1310. The van der Waals surface area contributed by atoms with E-state index in [1.54, 1.807) is 36.4 Å². The number of ether oxygens (including phenoxy) is 1. The van der Waals surface area contributed by atoms with Gasteiger partial charge in [-0.3, -0.25) is 10.1 Å². The molecule has 0 radical (unpaired) electrons. The van der Waals surface area contributed by atoms with Crippen molar-refractivity contribution in [1.82, 2.24) is 4.98 Å². The van der Waals surface area contributed by atoms with Gasteiger partial charge in [0.25, 0.3) is 5.91 Å². The Kier molecular flexibility index (Phi) is 5.38. The molecule has 0 bridgehead atoms. The SMILES string of the molecule is COC(=O)Nc1cccc(C(O)Nc2c3ccccc3nc3c(C(N)=O)cccc23)c1. The molecule has 0 saturated carbocycles. The van der Waals surface area contributed by atoms with Crippen molar-refractivity contribution in [2.45, 2.75) is 6.23 Å². The summed E-state index contributed by atoms with van der Waals surface area (Å²) in [5.74, 6) is -0.582. The van der Waals surface area contributed by atoms with E-state index in [1.165, 1.54) is 7.11 Å². The summed E-state index contributed by atoms with van der Waals surface area (Å²) >= 11 is 0.